The smallest absolute Gasteiger partial charge is 0.389 e. The van der Waals surface area contributed by atoms with Crippen molar-refractivity contribution in [2.45, 2.75) is 25.4 Å². The Morgan fingerprint density at radius 3 is 2.08 bits per heavy atom. The van der Waals surface area contributed by atoms with Gasteiger partial charge in [0.05, 0.1) is 19.4 Å². The van der Waals surface area contributed by atoms with E-state index in [1.165, 1.54) is 0 Å². The molecule has 3 N–H and O–H groups in total. The van der Waals surface area contributed by atoms with Crippen LogP contribution in [0.1, 0.15) is 19.3 Å². The molecule has 0 unspecified atom stereocenters. The predicted molar refractivity (Wildman–Crippen MR) is 32.7 cm³/mol. The van der Waals surface area contributed by atoms with Gasteiger partial charge in [0.15, 0.2) is 0 Å². The third kappa shape index (κ3) is 9.71. The third-order valence-corrected chi connectivity index (χ3v) is 1.14. The number of Topliss-reactive ketones (excluding diaryl/α,β-unsaturated/α-hetero) is 1. The molecule has 0 atom stereocenters. The second-order valence-corrected chi connectivity index (χ2v) is 2.26. The zero-order valence-electron chi connectivity index (χ0n) is 6.46. The first-order valence-corrected chi connectivity index (χ1v) is 3.33. The minimum absolute atomic E-state index is 0. The van der Waals surface area contributed by atoms with Crippen LogP contribution in [-0.2, 0) is 4.79 Å². The average molecular weight is 206 g/mol. The molecule has 0 saturated carbocycles. The van der Waals surface area contributed by atoms with Crippen molar-refractivity contribution in [2.24, 2.45) is 0 Å². The van der Waals surface area contributed by atoms with Gasteiger partial charge in [-0.2, -0.15) is 13.2 Å². The van der Waals surface area contributed by atoms with Crippen LogP contribution in [0, 0.1) is 0 Å². The van der Waals surface area contributed by atoms with Crippen molar-refractivity contribution < 1.29 is 36.1 Å². The van der Waals surface area contributed by atoms with Gasteiger partial charge in [-0.25, -0.2) is 0 Å². The topological polar surface area (TPSA) is 44.7 Å². The Kier molecular flexibility index (Phi) is 7.42. The summed E-state index contributed by atoms with van der Waals surface area (Å²) in [4.78, 5) is 10.5. The molecular formula is C6H11ClF3NO. The van der Waals surface area contributed by atoms with E-state index >= 15 is 0 Å². The van der Waals surface area contributed by atoms with Crippen LogP contribution < -0.4 is 18.1 Å². The number of halogens is 4. The van der Waals surface area contributed by atoms with Gasteiger partial charge in [0.1, 0.15) is 5.78 Å². The van der Waals surface area contributed by atoms with Gasteiger partial charge < -0.3 is 18.1 Å². The molecule has 0 saturated heterocycles. The van der Waals surface area contributed by atoms with Crippen LogP contribution >= 0.6 is 0 Å². The van der Waals surface area contributed by atoms with Gasteiger partial charge in [-0.3, -0.25) is 4.79 Å². The molecule has 0 aliphatic heterocycles. The molecular weight excluding hydrogens is 195 g/mol. The summed E-state index contributed by atoms with van der Waals surface area (Å²) >= 11 is 0. The summed E-state index contributed by atoms with van der Waals surface area (Å²) in [6, 6.07) is 0. The van der Waals surface area contributed by atoms with Crippen molar-refractivity contribution in [1.82, 2.24) is 0 Å². The van der Waals surface area contributed by atoms with E-state index < -0.39 is 19.0 Å². The Morgan fingerprint density at radius 1 is 1.25 bits per heavy atom. The summed E-state index contributed by atoms with van der Waals surface area (Å²) in [7, 11) is 0. The van der Waals surface area contributed by atoms with E-state index in [9.17, 15) is 18.0 Å². The van der Waals surface area contributed by atoms with Crippen molar-refractivity contribution in [1.29, 1.82) is 0 Å². The van der Waals surface area contributed by atoms with E-state index in [1.807, 2.05) is 0 Å². The van der Waals surface area contributed by atoms with Crippen molar-refractivity contribution in [2.75, 3.05) is 6.54 Å². The van der Waals surface area contributed by atoms with Crippen LogP contribution in [0.15, 0.2) is 0 Å². The highest BCUT2D eigenvalue weighted by Gasteiger charge is 2.27. The third-order valence-electron chi connectivity index (χ3n) is 1.14. The first-order chi connectivity index (χ1) is 4.95. The second kappa shape index (κ2) is 6.25. The van der Waals surface area contributed by atoms with E-state index in [1.54, 1.807) is 0 Å². The highest BCUT2D eigenvalue weighted by molar-refractivity contribution is 5.78. The molecule has 12 heavy (non-hydrogen) atoms. The van der Waals surface area contributed by atoms with Crippen molar-refractivity contribution >= 4 is 5.78 Å². The SMILES string of the molecule is [Cl-].[NH3+]CCC(=O)CCC(F)(F)F. The fourth-order valence-electron chi connectivity index (χ4n) is 0.603. The van der Waals surface area contributed by atoms with Gasteiger partial charge in [0, 0.05) is 6.42 Å². The molecule has 0 fully saturated rings. The molecule has 74 valence electrons. The number of alkyl halides is 3. The quantitative estimate of drug-likeness (QED) is 0.544. The largest absolute Gasteiger partial charge is 1.00 e. The Balaban J connectivity index is 0. The van der Waals surface area contributed by atoms with Crippen LogP contribution in [0.2, 0.25) is 0 Å². The number of hydrogen-bond acceptors (Lipinski definition) is 1. The van der Waals surface area contributed by atoms with Crippen LogP contribution in [-0.4, -0.2) is 18.5 Å². The second-order valence-electron chi connectivity index (χ2n) is 2.26. The first-order valence-electron chi connectivity index (χ1n) is 3.33. The Bertz CT molecular complexity index is 137. The number of rotatable bonds is 4. The van der Waals surface area contributed by atoms with Crippen molar-refractivity contribution in [3.8, 4) is 0 Å². The molecule has 0 heterocycles. The highest BCUT2D eigenvalue weighted by atomic mass is 35.5. The molecule has 0 aliphatic rings. The van der Waals surface area contributed by atoms with Crippen LogP contribution in [0.4, 0.5) is 13.2 Å². The monoisotopic (exact) mass is 205 g/mol. The maximum absolute atomic E-state index is 11.5. The molecule has 0 aliphatic carbocycles. The van der Waals surface area contributed by atoms with Crippen LogP contribution in [0.5, 0.6) is 0 Å². The summed E-state index contributed by atoms with van der Waals surface area (Å²) in [6.07, 6.45) is -5.47. The molecule has 0 aromatic carbocycles. The molecule has 0 rings (SSSR count). The molecule has 0 aromatic rings. The molecule has 0 radical (unpaired) electrons. The Morgan fingerprint density at radius 2 is 1.75 bits per heavy atom. The maximum Gasteiger partial charge on any atom is 0.389 e. The molecule has 0 bridgehead atoms. The van der Waals surface area contributed by atoms with E-state index in [4.69, 9.17) is 0 Å². The van der Waals surface area contributed by atoms with Crippen molar-refractivity contribution in [3.05, 3.63) is 0 Å². The fourth-order valence-corrected chi connectivity index (χ4v) is 0.603. The predicted octanol–water partition coefficient (Wildman–Crippen LogP) is -2.47. The number of quaternary nitrogens is 1. The maximum atomic E-state index is 11.5. The zero-order chi connectivity index (χ0) is 8.91. The zero-order valence-corrected chi connectivity index (χ0v) is 7.21. The summed E-state index contributed by atoms with van der Waals surface area (Å²) in [5.74, 6) is -0.364. The number of carbonyl (C=O) groups is 1. The molecule has 0 spiro atoms. The average Bonchev–Trinajstić information content (AvgIpc) is 1.83. The summed E-state index contributed by atoms with van der Waals surface area (Å²) in [5, 5.41) is 0. The first kappa shape index (κ1) is 14.2. The normalized spacial score (nSPS) is 10.7. The minimum Gasteiger partial charge on any atom is -1.00 e. The molecule has 6 heteroatoms. The summed E-state index contributed by atoms with van der Waals surface area (Å²) < 4.78 is 34.5. The molecule has 0 amide bonds. The lowest BCUT2D eigenvalue weighted by Gasteiger charge is -2.03. The van der Waals surface area contributed by atoms with Gasteiger partial charge in [-0.05, 0) is 0 Å². The van der Waals surface area contributed by atoms with E-state index in [-0.39, 0.29) is 24.6 Å². The van der Waals surface area contributed by atoms with Crippen LogP contribution in [0.3, 0.4) is 0 Å². The fraction of sp³-hybridized carbons (Fsp3) is 0.833. The summed E-state index contributed by atoms with van der Waals surface area (Å²) in [6.45, 7) is 0.372. The van der Waals surface area contributed by atoms with Gasteiger partial charge in [0.25, 0.3) is 0 Å². The Hall–Kier alpha value is -0.290. The van der Waals surface area contributed by atoms with Gasteiger partial charge in [-0.15, -0.1) is 0 Å². The number of ketones is 1. The standard InChI is InChI=1S/C6H10F3NO.ClH/c7-6(8,9)3-1-5(11)2-4-10;/h1-4,10H2;1H. The van der Waals surface area contributed by atoms with Gasteiger partial charge >= 0.3 is 6.18 Å². The van der Waals surface area contributed by atoms with E-state index in [0.29, 0.717) is 6.54 Å². The van der Waals surface area contributed by atoms with E-state index in [2.05, 4.69) is 5.73 Å². The lowest BCUT2D eigenvalue weighted by atomic mass is 10.1. The molecule has 2 nitrogen and oxygen atoms in total. The summed E-state index contributed by atoms with van der Waals surface area (Å²) in [5.41, 5.74) is 3.37. The Labute approximate surface area is 74.7 Å². The lowest BCUT2D eigenvalue weighted by Crippen LogP contribution is -3.00. The van der Waals surface area contributed by atoms with E-state index in [0.717, 1.165) is 0 Å². The number of hydrogen-bond donors (Lipinski definition) is 1. The molecule has 0 aromatic heterocycles. The van der Waals surface area contributed by atoms with Crippen LogP contribution in [0.25, 0.3) is 0 Å². The van der Waals surface area contributed by atoms with Gasteiger partial charge in [-0.1, -0.05) is 0 Å². The lowest BCUT2D eigenvalue weighted by molar-refractivity contribution is -0.366. The number of carbonyl (C=O) groups excluding carboxylic acids is 1. The minimum atomic E-state index is -4.21. The van der Waals surface area contributed by atoms with Gasteiger partial charge in [0.2, 0.25) is 0 Å². The van der Waals surface area contributed by atoms with Crippen molar-refractivity contribution in [3.63, 3.8) is 0 Å². The highest BCUT2D eigenvalue weighted by Crippen LogP contribution is 2.21.